The minimum absolute atomic E-state index is 0.00332. The van der Waals surface area contributed by atoms with Crippen LogP contribution in [0.1, 0.15) is 32.3 Å². The molecule has 2 heterocycles. The van der Waals surface area contributed by atoms with Gasteiger partial charge in [0.25, 0.3) is 21.5 Å². The van der Waals surface area contributed by atoms with Crippen molar-refractivity contribution >= 4 is 32.8 Å². The Morgan fingerprint density at radius 3 is 2.42 bits per heavy atom. The fourth-order valence-electron chi connectivity index (χ4n) is 3.44. The molecule has 33 heavy (non-hydrogen) atoms. The van der Waals surface area contributed by atoms with Crippen molar-refractivity contribution < 1.29 is 22.7 Å². The monoisotopic (exact) mass is 477 g/mol. The summed E-state index contributed by atoms with van der Waals surface area (Å²) in [4.78, 5) is 52.1. The molecule has 1 amide bonds. The van der Waals surface area contributed by atoms with E-state index in [1.165, 1.54) is 6.07 Å². The topological polar surface area (TPSA) is 153 Å². The number of benzene rings is 1. The second kappa shape index (κ2) is 8.65. The van der Waals surface area contributed by atoms with Gasteiger partial charge in [-0.2, -0.15) is 5.10 Å². The Balaban J connectivity index is 2.34. The Labute approximate surface area is 188 Å². The van der Waals surface area contributed by atoms with Crippen molar-refractivity contribution in [3.63, 3.8) is 0 Å². The van der Waals surface area contributed by atoms with Crippen molar-refractivity contribution in [3.8, 4) is 11.3 Å². The number of esters is 1. The van der Waals surface area contributed by atoms with E-state index < -0.39 is 39.8 Å². The summed E-state index contributed by atoms with van der Waals surface area (Å²) in [6.07, 6.45) is 2.24. The van der Waals surface area contributed by atoms with Gasteiger partial charge in [0.15, 0.2) is 6.61 Å². The number of carbonyl (C=O) groups is 2. The van der Waals surface area contributed by atoms with Gasteiger partial charge < -0.3 is 9.72 Å². The lowest BCUT2D eigenvalue weighted by atomic mass is 9.93. The van der Waals surface area contributed by atoms with Crippen LogP contribution in [0.4, 0.5) is 0 Å². The second-order valence-electron chi connectivity index (χ2n) is 7.71. The number of aryl methyl sites for hydroxylation is 1. The summed E-state index contributed by atoms with van der Waals surface area (Å²) in [5.41, 5.74) is 0.182. The fourth-order valence-corrected chi connectivity index (χ4v) is 4.30. The van der Waals surface area contributed by atoms with Crippen LogP contribution in [-0.4, -0.2) is 52.6 Å². The summed E-state index contributed by atoms with van der Waals surface area (Å²) in [5, 5.41) is 4.12. The number of fused-ring (bicyclic) bond motifs is 1. The molecule has 0 aliphatic rings. The Hall–Kier alpha value is -3.74. The Bertz CT molecular complexity index is 1480. The largest absolute Gasteiger partial charge is 0.456 e. The zero-order valence-corrected chi connectivity index (χ0v) is 19.5. The van der Waals surface area contributed by atoms with Gasteiger partial charge in [0, 0.05) is 25.7 Å². The molecule has 13 heteroatoms. The van der Waals surface area contributed by atoms with Gasteiger partial charge in [0.05, 0.1) is 22.9 Å². The maximum atomic E-state index is 13.3. The highest BCUT2D eigenvalue weighted by atomic mass is 32.2. The van der Waals surface area contributed by atoms with Crippen LogP contribution in [-0.2, 0) is 31.4 Å². The summed E-state index contributed by atoms with van der Waals surface area (Å²) in [6, 6.07) is 4.91. The molecule has 2 aromatic heterocycles. The molecule has 0 radical (unpaired) electrons. The van der Waals surface area contributed by atoms with E-state index in [9.17, 15) is 27.6 Å². The highest BCUT2D eigenvalue weighted by Gasteiger charge is 2.30. The summed E-state index contributed by atoms with van der Waals surface area (Å²) < 4.78 is 31.0. The molecule has 1 aromatic carbocycles. The highest BCUT2D eigenvalue weighted by Crippen LogP contribution is 2.31. The van der Waals surface area contributed by atoms with E-state index in [2.05, 4.69) is 14.8 Å². The SMILES string of the molecule is CC(=O)OCC(=O)N(n1c(=O)[nH]c2cc(C(C)C)c(-c3ccnn3C)cc2c1=O)S(C)(=O)=O. The third-order valence-electron chi connectivity index (χ3n) is 4.87. The first-order chi connectivity index (χ1) is 15.3. The third kappa shape index (κ3) is 4.58. The van der Waals surface area contributed by atoms with Crippen molar-refractivity contribution in [1.29, 1.82) is 0 Å². The van der Waals surface area contributed by atoms with E-state index in [0.717, 1.165) is 12.5 Å². The molecule has 0 fully saturated rings. The number of nitrogens with one attached hydrogen (secondary N) is 1. The van der Waals surface area contributed by atoms with Crippen molar-refractivity contribution in [3.05, 3.63) is 50.8 Å². The molecule has 0 bridgehead atoms. The number of rotatable bonds is 6. The first kappa shape index (κ1) is 23.9. The van der Waals surface area contributed by atoms with Crippen LogP contribution in [0.2, 0.25) is 0 Å². The Morgan fingerprint density at radius 2 is 1.91 bits per heavy atom. The van der Waals surface area contributed by atoms with Crippen LogP contribution < -0.4 is 15.7 Å². The molecule has 3 aromatic rings. The molecule has 0 aliphatic carbocycles. The molecule has 176 valence electrons. The quantitative estimate of drug-likeness (QED) is 0.494. The normalized spacial score (nSPS) is 11.7. The van der Waals surface area contributed by atoms with Crippen LogP contribution >= 0.6 is 0 Å². The number of hydrogen-bond acceptors (Lipinski definition) is 8. The molecule has 1 N–H and O–H groups in total. The molecule has 0 aliphatic heterocycles. The van der Waals surface area contributed by atoms with Crippen molar-refractivity contribution in [1.82, 2.24) is 19.4 Å². The molecule has 12 nitrogen and oxygen atoms in total. The number of ether oxygens (including phenoxy) is 1. The molecular weight excluding hydrogens is 454 g/mol. The van der Waals surface area contributed by atoms with Gasteiger partial charge in [-0.25, -0.2) is 13.2 Å². The summed E-state index contributed by atoms with van der Waals surface area (Å²) >= 11 is 0. The first-order valence-corrected chi connectivity index (χ1v) is 11.7. The number of aromatic nitrogens is 4. The van der Waals surface area contributed by atoms with Crippen LogP contribution in [0.3, 0.4) is 0 Å². The minimum Gasteiger partial charge on any atom is -0.456 e. The zero-order chi connectivity index (χ0) is 24.7. The Kier molecular flexibility index (Phi) is 6.27. The maximum Gasteiger partial charge on any atom is 0.349 e. The Morgan fingerprint density at radius 1 is 1.24 bits per heavy atom. The molecule has 0 spiro atoms. The lowest BCUT2D eigenvalue weighted by molar-refractivity contribution is -0.145. The average Bonchev–Trinajstić information content (AvgIpc) is 3.13. The van der Waals surface area contributed by atoms with Crippen LogP contribution in [0.5, 0.6) is 0 Å². The molecule has 0 atom stereocenters. The van der Waals surface area contributed by atoms with Gasteiger partial charge in [-0.1, -0.05) is 13.8 Å². The predicted octanol–water partition coefficient (Wildman–Crippen LogP) is 0.201. The van der Waals surface area contributed by atoms with Crippen molar-refractivity contribution in [2.45, 2.75) is 26.7 Å². The van der Waals surface area contributed by atoms with E-state index in [4.69, 9.17) is 0 Å². The van der Waals surface area contributed by atoms with Gasteiger partial charge in [0.2, 0.25) is 0 Å². The van der Waals surface area contributed by atoms with Gasteiger partial charge in [-0.15, -0.1) is 9.09 Å². The molecule has 0 saturated heterocycles. The fraction of sp³-hybridized carbons (Fsp3) is 0.350. The lowest BCUT2D eigenvalue weighted by Crippen LogP contribution is -2.56. The van der Waals surface area contributed by atoms with Gasteiger partial charge >= 0.3 is 11.7 Å². The van der Waals surface area contributed by atoms with Crippen LogP contribution in [0.25, 0.3) is 22.2 Å². The number of aromatic amines is 1. The number of H-pyrrole nitrogens is 1. The highest BCUT2D eigenvalue weighted by molar-refractivity contribution is 7.92. The molecular formula is C20H23N5O7S. The van der Waals surface area contributed by atoms with E-state index in [0.29, 0.717) is 17.5 Å². The van der Waals surface area contributed by atoms with E-state index >= 15 is 0 Å². The second-order valence-corrected chi connectivity index (χ2v) is 9.52. The van der Waals surface area contributed by atoms with E-state index in [1.54, 1.807) is 30.1 Å². The number of carbonyl (C=O) groups excluding carboxylic acids is 2. The van der Waals surface area contributed by atoms with Crippen molar-refractivity contribution in [2.75, 3.05) is 17.3 Å². The third-order valence-corrected chi connectivity index (χ3v) is 5.87. The molecule has 0 saturated carbocycles. The summed E-state index contributed by atoms with van der Waals surface area (Å²) in [5.74, 6) is -2.10. The zero-order valence-electron chi connectivity index (χ0n) is 18.6. The minimum atomic E-state index is -4.44. The first-order valence-electron chi connectivity index (χ1n) is 9.81. The van der Waals surface area contributed by atoms with Gasteiger partial charge in [-0.05, 0) is 29.7 Å². The number of nitrogens with zero attached hydrogens (tertiary/aromatic N) is 4. The van der Waals surface area contributed by atoms with Crippen LogP contribution in [0.15, 0.2) is 34.0 Å². The van der Waals surface area contributed by atoms with E-state index in [-0.39, 0.29) is 25.9 Å². The standard InChI is InChI=1S/C20H23N5O7S/c1-11(2)13-9-16-15(8-14(13)17-6-7-21-23(17)4)19(28)24(20(29)22-16)25(33(5,30)31)18(27)10-32-12(3)26/h6-9,11H,10H2,1-5H3,(H,22,29). The maximum absolute atomic E-state index is 13.3. The number of hydrogen-bond donors (Lipinski definition) is 1. The lowest BCUT2D eigenvalue weighted by Gasteiger charge is -2.21. The van der Waals surface area contributed by atoms with Gasteiger partial charge in [0.1, 0.15) is 0 Å². The van der Waals surface area contributed by atoms with E-state index in [1.807, 2.05) is 13.8 Å². The summed E-state index contributed by atoms with van der Waals surface area (Å²) in [7, 11) is -2.71. The molecule has 0 unspecified atom stereocenters. The van der Waals surface area contributed by atoms with Gasteiger partial charge in [-0.3, -0.25) is 19.1 Å². The predicted molar refractivity (Wildman–Crippen MR) is 120 cm³/mol. The smallest absolute Gasteiger partial charge is 0.349 e. The van der Waals surface area contributed by atoms with Crippen molar-refractivity contribution in [2.24, 2.45) is 7.05 Å². The summed E-state index contributed by atoms with van der Waals surface area (Å²) in [6.45, 7) is 3.94. The average molecular weight is 477 g/mol. The van der Waals surface area contributed by atoms with Crippen LogP contribution in [0, 0.1) is 0 Å². The number of amides is 1. The number of sulfonamides is 1. The molecule has 3 rings (SSSR count).